The average Bonchev–Trinajstić information content (AvgIpc) is 3.14. The number of methoxy groups -OCH3 is 2. The van der Waals surface area contributed by atoms with Crippen LogP contribution < -0.4 is 14.8 Å². The highest BCUT2D eigenvalue weighted by Crippen LogP contribution is 2.30. The molecular weight excluding hydrogens is 358 g/mol. The number of carbonyl (C=O) groups is 1. The maximum atomic E-state index is 13.8. The first kappa shape index (κ1) is 18.4. The first-order valence-corrected chi connectivity index (χ1v) is 7.93. The van der Waals surface area contributed by atoms with E-state index in [0.29, 0.717) is 22.8 Å². The number of nitrogens with zero attached hydrogens (tertiary/aromatic N) is 1. The average molecular weight is 374 g/mol. The van der Waals surface area contributed by atoms with Crippen molar-refractivity contribution in [3.8, 4) is 22.8 Å². The van der Waals surface area contributed by atoms with Gasteiger partial charge in [0.2, 0.25) is 0 Å². The fraction of sp³-hybridized carbons (Fsp3) is 0.158. The number of benzene rings is 2. The SMILES string of the molecule is COc1cccc(C(=O)NCc2cc(-c3ccc(F)cc3F)on2)c1OC. The Balaban J connectivity index is 1.73. The standard InChI is InChI=1S/C19H16F2N2O4/c1-25-16-5-3-4-14(18(16)26-2)19(24)22-10-12-9-17(27-23-12)13-7-6-11(20)8-15(13)21/h3-9H,10H2,1-2H3,(H,22,24). The third kappa shape index (κ3) is 3.89. The lowest BCUT2D eigenvalue weighted by molar-refractivity contribution is 0.0946. The Labute approximate surface area is 153 Å². The van der Waals surface area contributed by atoms with E-state index >= 15 is 0 Å². The summed E-state index contributed by atoms with van der Waals surface area (Å²) in [5.41, 5.74) is 0.755. The van der Waals surface area contributed by atoms with Gasteiger partial charge in [-0.2, -0.15) is 0 Å². The summed E-state index contributed by atoms with van der Waals surface area (Å²) in [6, 6.07) is 9.55. The molecule has 3 rings (SSSR count). The number of rotatable bonds is 6. The zero-order valence-electron chi connectivity index (χ0n) is 14.6. The summed E-state index contributed by atoms with van der Waals surface area (Å²) in [4.78, 5) is 12.4. The number of para-hydroxylation sites is 1. The summed E-state index contributed by atoms with van der Waals surface area (Å²) in [6.45, 7) is 0.0471. The third-order valence-corrected chi connectivity index (χ3v) is 3.83. The first-order chi connectivity index (χ1) is 13.0. The van der Waals surface area contributed by atoms with Gasteiger partial charge in [0.25, 0.3) is 5.91 Å². The van der Waals surface area contributed by atoms with Crippen molar-refractivity contribution in [2.75, 3.05) is 14.2 Å². The van der Waals surface area contributed by atoms with Crippen LogP contribution in [-0.4, -0.2) is 25.3 Å². The molecule has 0 spiro atoms. The zero-order chi connectivity index (χ0) is 19.4. The minimum absolute atomic E-state index is 0.0471. The van der Waals surface area contributed by atoms with E-state index in [1.165, 1.54) is 26.4 Å². The van der Waals surface area contributed by atoms with E-state index < -0.39 is 17.5 Å². The van der Waals surface area contributed by atoms with Crippen molar-refractivity contribution in [3.63, 3.8) is 0 Å². The fourth-order valence-corrected chi connectivity index (χ4v) is 2.54. The second-order valence-electron chi connectivity index (χ2n) is 5.53. The van der Waals surface area contributed by atoms with Crippen LogP contribution in [0.4, 0.5) is 8.78 Å². The first-order valence-electron chi connectivity index (χ1n) is 7.93. The van der Waals surface area contributed by atoms with Crippen LogP contribution in [-0.2, 0) is 6.54 Å². The van der Waals surface area contributed by atoms with Crippen LogP contribution in [0.5, 0.6) is 11.5 Å². The number of halogens is 2. The van der Waals surface area contributed by atoms with Crippen molar-refractivity contribution < 1.29 is 27.6 Å². The van der Waals surface area contributed by atoms with Crippen molar-refractivity contribution in [2.24, 2.45) is 0 Å². The third-order valence-electron chi connectivity index (χ3n) is 3.83. The molecule has 0 fully saturated rings. The molecule has 0 atom stereocenters. The van der Waals surface area contributed by atoms with E-state index in [9.17, 15) is 13.6 Å². The summed E-state index contributed by atoms with van der Waals surface area (Å²) in [5, 5.41) is 6.47. The van der Waals surface area contributed by atoms with Crippen LogP contribution in [0.25, 0.3) is 11.3 Å². The molecule has 0 aliphatic rings. The minimum Gasteiger partial charge on any atom is -0.493 e. The molecule has 0 saturated heterocycles. The molecule has 27 heavy (non-hydrogen) atoms. The molecule has 6 nitrogen and oxygen atoms in total. The van der Waals surface area contributed by atoms with Gasteiger partial charge in [-0.1, -0.05) is 11.2 Å². The highest BCUT2D eigenvalue weighted by Gasteiger charge is 2.17. The quantitative estimate of drug-likeness (QED) is 0.714. The molecule has 1 heterocycles. The molecule has 1 amide bonds. The maximum Gasteiger partial charge on any atom is 0.255 e. The molecule has 0 radical (unpaired) electrons. The normalized spacial score (nSPS) is 10.5. The zero-order valence-corrected chi connectivity index (χ0v) is 14.6. The summed E-state index contributed by atoms with van der Waals surface area (Å²) in [7, 11) is 2.92. The van der Waals surface area contributed by atoms with Gasteiger partial charge in [0.1, 0.15) is 17.3 Å². The predicted molar refractivity (Wildman–Crippen MR) is 92.6 cm³/mol. The number of amides is 1. The van der Waals surface area contributed by atoms with E-state index in [-0.39, 0.29) is 17.9 Å². The minimum atomic E-state index is -0.761. The van der Waals surface area contributed by atoms with Gasteiger partial charge in [-0.25, -0.2) is 8.78 Å². The summed E-state index contributed by atoms with van der Waals surface area (Å²) < 4.78 is 42.3. The molecule has 0 aliphatic carbocycles. The fourth-order valence-electron chi connectivity index (χ4n) is 2.54. The largest absolute Gasteiger partial charge is 0.493 e. The molecular formula is C19H16F2N2O4. The van der Waals surface area contributed by atoms with Crippen LogP contribution >= 0.6 is 0 Å². The molecule has 0 aliphatic heterocycles. The van der Waals surface area contributed by atoms with Gasteiger partial charge < -0.3 is 19.3 Å². The van der Waals surface area contributed by atoms with Gasteiger partial charge in [-0.3, -0.25) is 4.79 Å². The lowest BCUT2D eigenvalue weighted by Gasteiger charge is -2.12. The Morgan fingerprint density at radius 3 is 2.67 bits per heavy atom. The van der Waals surface area contributed by atoms with E-state index in [1.807, 2.05) is 0 Å². The van der Waals surface area contributed by atoms with Crippen LogP contribution in [0.3, 0.4) is 0 Å². The topological polar surface area (TPSA) is 73.6 Å². The van der Waals surface area contributed by atoms with Crippen molar-refractivity contribution in [2.45, 2.75) is 6.54 Å². The number of ether oxygens (including phenoxy) is 2. The molecule has 1 aromatic heterocycles. The van der Waals surface area contributed by atoms with E-state index in [4.69, 9.17) is 14.0 Å². The molecule has 2 aromatic carbocycles. The van der Waals surface area contributed by atoms with Crippen molar-refractivity contribution in [1.82, 2.24) is 10.5 Å². The van der Waals surface area contributed by atoms with E-state index in [1.54, 1.807) is 18.2 Å². The number of hydrogen-bond acceptors (Lipinski definition) is 5. The molecule has 0 unspecified atom stereocenters. The van der Waals surface area contributed by atoms with E-state index in [0.717, 1.165) is 12.1 Å². The van der Waals surface area contributed by atoms with Gasteiger partial charge in [-0.15, -0.1) is 0 Å². The van der Waals surface area contributed by atoms with Gasteiger partial charge in [0, 0.05) is 12.1 Å². The number of aromatic nitrogens is 1. The molecule has 0 bridgehead atoms. The summed E-state index contributed by atoms with van der Waals surface area (Å²) >= 11 is 0. The summed E-state index contributed by atoms with van der Waals surface area (Å²) in [5.74, 6) is -0.968. The Hall–Kier alpha value is -3.42. The van der Waals surface area contributed by atoms with Gasteiger partial charge >= 0.3 is 0 Å². The second-order valence-corrected chi connectivity index (χ2v) is 5.53. The van der Waals surface area contributed by atoms with Crippen molar-refractivity contribution in [1.29, 1.82) is 0 Å². The highest BCUT2D eigenvalue weighted by molar-refractivity contribution is 5.97. The molecule has 140 valence electrons. The van der Waals surface area contributed by atoms with Crippen molar-refractivity contribution in [3.05, 3.63) is 65.4 Å². The number of carbonyl (C=O) groups excluding carboxylic acids is 1. The van der Waals surface area contributed by atoms with Crippen molar-refractivity contribution >= 4 is 5.91 Å². The lowest BCUT2D eigenvalue weighted by Crippen LogP contribution is -2.23. The maximum absolute atomic E-state index is 13.8. The number of hydrogen-bond donors (Lipinski definition) is 1. The van der Waals surface area contributed by atoms with Crippen LogP contribution in [0, 0.1) is 11.6 Å². The van der Waals surface area contributed by atoms with E-state index in [2.05, 4.69) is 10.5 Å². The predicted octanol–water partition coefficient (Wildman–Crippen LogP) is 3.57. The van der Waals surface area contributed by atoms with Gasteiger partial charge in [0.15, 0.2) is 17.3 Å². The highest BCUT2D eigenvalue weighted by atomic mass is 19.1. The Bertz CT molecular complexity index is 972. The van der Waals surface area contributed by atoms with Gasteiger partial charge in [-0.05, 0) is 24.3 Å². The van der Waals surface area contributed by atoms with Crippen LogP contribution in [0.1, 0.15) is 16.1 Å². The molecule has 0 saturated carbocycles. The Morgan fingerprint density at radius 2 is 1.96 bits per heavy atom. The molecule has 8 heteroatoms. The Kier molecular flexibility index (Phi) is 5.35. The monoisotopic (exact) mass is 374 g/mol. The Morgan fingerprint density at radius 1 is 1.15 bits per heavy atom. The van der Waals surface area contributed by atoms with Crippen LogP contribution in [0.15, 0.2) is 47.0 Å². The summed E-state index contributed by atoms with van der Waals surface area (Å²) in [6.07, 6.45) is 0. The van der Waals surface area contributed by atoms with Crippen LogP contribution in [0.2, 0.25) is 0 Å². The molecule has 3 aromatic rings. The smallest absolute Gasteiger partial charge is 0.255 e. The number of nitrogens with one attached hydrogen (secondary N) is 1. The lowest BCUT2D eigenvalue weighted by atomic mass is 10.1. The van der Waals surface area contributed by atoms with Gasteiger partial charge in [0.05, 0.1) is 31.9 Å². The second kappa shape index (κ2) is 7.86. The molecule has 1 N–H and O–H groups in total.